The topological polar surface area (TPSA) is 114 Å². The molecule has 4 rings (SSSR count). The second-order valence-corrected chi connectivity index (χ2v) is 6.29. The standard InChI is InChI=1S/C17H18N6O4/c1-22(2)6-5-18-16-19-8-11-14(20-16)21-17(25)23(15(11)24)10-3-4-12-13(7-10)27-9-26-12/h3-4,7-8H,5-6,9H2,1-2H3,(H2,18,19,20,21,25). The Kier molecular flexibility index (Phi) is 4.24. The van der Waals surface area contributed by atoms with E-state index >= 15 is 0 Å². The van der Waals surface area contributed by atoms with Gasteiger partial charge in [-0.2, -0.15) is 4.98 Å². The fourth-order valence-corrected chi connectivity index (χ4v) is 2.74. The molecule has 0 unspecified atom stereocenters. The van der Waals surface area contributed by atoms with Crippen LogP contribution in [0.15, 0.2) is 34.0 Å². The van der Waals surface area contributed by atoms with E-state index in [1.807, 2.05) is 19.0 Å². The second-order valence-electron chi connectivity index (χ2n) is 6.29. The zero-order valence-electron chi connectivity index (χ0n) is 14.9. The van der Waals surface area contributed by atoms with Crippen molar-refractivity contribution in [3.8, 4) is 17.2 Å². The Labute approximate surface area is 153 Å². The van der Waals surface area contributed by atoms with Crippen molar-refractivity contribution in [3.05, 3.63) is 45.2 Å². The first-order valence-corrected chi connectivity index (χ1v) is 8.33. The average molecular weight is 370 g/mol. The molecule has 3 heterocycles. The number of hydrogen-bond donors (Lipinski definition) is 2. The lowest BCUT2D eigenvalue weighted by Gasteiger charge is -2.11. The maximum atomic E-state index is 12.8. The Morgan fingerprint density at radius 2 is 2.07 bits per heavy atom. The van der Waals surface area contributed by atoms with E-state index in [1.165, 1.54) is 6.20 Å². The molecule has 0 fully saturated rings. The fourth-order valence-electron chi connectivity index (χ4n) is 2.74. The monoisotopic (exact) mass is 370 g/mol. The van der Waals surface area contributed by atoms with Crippen LogP contribution in [0.1, 0.15) is 0 Å². The van der Waals surface area contributed by atoms with Crippen molar-refractivity contribution < 1.29 is 9.47 Å². The fraction of sp³-hybridized carbons (Fsp3) is 0.294. The molecule has 0 saturated carbocycles. The molecule has 27 heavy (non-hydrogen) atoms. The molecule has 0 aliphatic carbocycles. The van der Waals surface area contributed by atoms with Crippen LogP contribution in [0.3, 0.4) is 0 Å². The lowest BCUT2D eigenvalue weighted by molar-refractivity contribution is 0.174. The summed E-state index contributed by atoms with van der Waals surface area (Å²) in [4.78, 5) is 38.4. The molecule has 0 saturated heterocycles. The molecule has 10 heteroatoms. The highest BCUT2D eigenvalue weighted by Crippen LogP contribution is 2.33. The van der Waals surface area contributed by atoms with Gasteiger partial charge in [-0.05, 0) is 26.2 Å². The molecule has 0 amide bonds. The summed E-state index contributed by atoms with van der Waals surface area (Å²) in [5.41, 5.74) is -0.540. The number of likely N-dealkylation sites (N-methyl/N-ethyl adjacent to an activating group) is 1. The number of nitrogens with one attached hydrogen (secondary N) is 2. The number of nitrogens with zero attached hydrogens (tertiary/aromatic N) is 4. The number of anilines is 1. The van der Waals surface area contributed by atoms with Gasteiger partial charge in [0.15, 0.2) is 17.1 Å². The number of rotatable bonds is 5. The summed E-state index contributed by atoms with van der Waals surface area (Å²) in [6, 6.07) is 4.86. The third-order valence-corrected chi connectivity index (χ3v) is 4.11. The second kappa shape index (κ2) is 6.72. The summed E-state index contributed by atoms with van der Waals surface area (Å²) in [5.74, 6) is 1.40. The third kappa shape index (κ3) is 3.22. The van der Waals surface area contributed by atoms with E-state index in [-0.39, 0.29) is 17.8 Å². The van der Waals surface area contributed by atoms with E-state index in [4.69, 9.17) is 9.47 Å². The summed E-state index contributed by atoms with van der Waals surface area (Å²) >= 11 is 0. The minimum absolute atomic E-state index is 0.110. The van der Waals surface area contributed by atoms with Gasteiger partial charge in [0.2, 0.25) is 12.7 Å². The van der Waals surface area contributed by atoms with Crippen molar-refractivity contribution in [3.63, 3.8) is 0 Å². The third-order valence-electron chi connectivity index (χ3n) is 4.11. The average Bonchev–Trinajstić information content (AvgIpc) is 3.09. The van der Waals surface area contributed by atoms with E-state index in [9.17, 15) is 9.59 Å². The quantitative estimate of drug-likeness (QED) is 0.653. The Balaban J connectivity index is 1.73. The summed E-state index contributed by atoms with van der Waals surface area (Å²) in [6.45, 7) is 1.54. The van der Waals surface area contributed by atoms with Crippen LogP contribution in [0.25, 0.3) is 16.7 Å². The lowest BCUT2D eigenvalue weighted by atomic mass is 10.2. The molecule has 0 spiro atoms. The van der Waals surface area contributed by atoms with Crippen LogP contribution >= 0.6 is 0 Å². The van der Waals surface area contributed by atoms with Crippen LogP contribution in [0.5, 0.6) is 11.5 Å². The first-order chi connectivity index (χ1) is 13.0. The van der Waals surface area contributed by atoms with Crippen LogP contribution in [0.4, 0.5) is 5.95 Å². The number of fused-ring (bicyclic) bond motifs is 2. The van der Waals surface area contributed by atoms with E-state index in [0.29, 0.717) is 29.7 Å². The van der Waals surface area contributed by atoms with Crippen LogP contribution < -0.4 is 26.0 Å². The molecule has 10 nitrogen and oxygen atoms in total. The smallest absolute Gasteiger partial charge is 0.334 e. The summed E-state index contributed by atoms with van der Waals surface area (Å²) in [7, 11) is 3.91. The number of ether oxygens (including phenoxy) is 2. The first-order valence-electron chi connectivity index (χ1n) is 8.33. The molecule has 0 radical (unpaired) electrons. The van der Waals surface area contributed by atoms with E-state index in [2.05, 4.69) is 20.3 Å². The van der Waals surface area contributed by atoms with Crippen LogP contribution in [-0.4, -0.2) is 58.4 Å². The predicted octanol–water partition coefficient (Wildman–Crippen LogP) is 0.171. The van der Waals surface area contributed by atoms with Crippen molar-refractivity contribution >= 4 is 17.0 Å². The van der Waals surface area contributed by atoms with Crippen molar-refractivity contribution in [2.24, 2.45) is 0 Å². The Morgan fingerprint density at radius 3 is 2.89 bits per heavy atom. The van der Waals surface area contributed by atoms with Crippen molar-refractivity contribution in [1.82, 2.24) is 24.4 Å². The lowest BCUT2D eigenvalue weighted by Crippen LogP contribution is -2.34. The SMILES string of the molecule is CN(C)CCNc1ncc2c(=O)n(-c3ccc4c(c3)OCO4)c(=O)[nH]c2n1. The first kappa shape index (κ1) is 17.0. The van der Waals surface area contributed by atoms with Gasteiger partial charge in [-0.15, -0.1) is 0 Å². The molecule has 2 aromatic heterocycles. The molecule has 1 aromatic carbocycles. The van der Waals surface area contributed by atoms with E-state index < -0.39 is 11.2 Å². The van der Waals surface area contributed by atoms with E-state index in [1.54, 1.807) is 18.2 Å². The minimum Gasteiger partial charge on any atom is -0.454 e. The maximum absolute atomic E-state index is 12.8. The Morgan fingerprint density at radius 1 is 1.26 bits per heavy atom. The summed E-state index contributed by atoms with van der Waals surface area (Å²) < 4.78 is 11.6. The van der Waals surface area contributed by atoms with Gasteiger partial charge in [0.05, 0.1) is 5.69 Å². The highest BCUT2D eigenvalue weighted by molar-refractivity contribution is 5.73. The number of aromatic amines is 1. The number of H-pyrrole nitrogens is 1. The number of benzene rings is 1. The Bertz CT molecular complexity index is 1120. The normalized spacial score (nSPS) is 12.7. The van der Waals surface area contributed by atoms with Crippen LogP contribution in [0.2, 0.25) is 0 Å². The van der Waals surface area contributed by atoms with Gasteiger partial charge < -0.3 is 19.7 Å². The summed E-state index contributed by atoms with van der Waals surface area (Å²) in [5, 5.41) is 3.27. The van der Waals surface area contributed by atoms with Gasteiger partial charge in [0.25, 0.3) is 5.56 Å². The maximum Gasteiger partial charge on any atom is 0.334 e. The molecular formula is C17H18N6O4. The summed E-state index contributed by atoms with van der Waals surface area (Å²) in [6.07, 6.45) is 1.40. The van der Waals surface area contributed by atoms with Crippen LogP contribution in [-0.2, 0) is 0 Å². The molecule has 0 atom stereocenters. The molecule has 0 bridgehead atoms. The van der Waals surface area contributed by atoms with Gasteiger partial charge in [0, 0.05) is 25.4 Å². The Hall–Kier alpha value is -3.40. The van der Waals surface area contributed by atoms with Crippen LogP contribution in [0, 0.1) is 0 Å². The molecule has 2 N–H and O–H groups in total. The minimum atomic E-state index is -0.593. The highest BCUT2D eigenvalue weighted by Gasteiger charge is 2.17. The molecule has 3 aromatic rings. The van der Waals surface area contributed by atoms with Crippen molar-refractivity contribution in [2.45, 2.75) is 0 Å². The van der Waals surface area contributed by atoms with Gasteiger partial charge in [-0.25, -0.2) is 14.3 Å². The van der Waals surface area contributed by atoms with Gasteiger partial charge >= 0.3 is 5.69 Å². The zero-order valence-corrected chi connectivity index (χ0v) is 14.9. The molecule has 1 aliphatic rings. The van der Waals surface area contributed by atoms with Gasteiger partial charge in [-0.1, -0.05) is 0 Å². The number of hydrogen-bond acceptors (Lipinski definition) is 8. The molecular weight excluding hydrogens is 352 g/mol. The van der Waals surface area contributed by atoms with Gasteiger partial charge in [-0.3, -0.25) is 9.78 Å². The van der Waals surface area contributed by atoms with Crippen molar-refractivity contribution in [1.29, 1.82) is 0 Å². The van der Waals surface area contributed by atoms with Crippen molar-refractivity contribution in [2.75, 3.05) is 39.3 Å². The molecule has 140 valence electrons. The number of aromatic nitrogens is 4. The largest absolute Gasteiger partial charge is 0.454 e. The molecule has 1 aliphatic heterocycles. The predicted molar refractivity (Wildman–Crippen MR) is 98.9 cm³/mol. The zero-order chi connectivity index (χ0) is 19.0. The van der Waals surface area contributed by atoms with Gasteiger partial charge in [0.1, 0.15) is 5.39 Å². The highest BCUT2D eigenvalue weighted by atomic mass is 16.7. The van der Waals surface area contributed by atoms with E-state index in [0.717, 1.165) is 11.1 Å².